The van der Waals surface area contributed by atoms with Gasteiger partial charge < -0.3 is 30.0 Å². The summed E-state index contributed by atoms with van der Waals surface area (Å²) in [4.78, 5) is 2.21. The van der Waals surface area contributed by atoms with E-state index in [0.717, 1.165) is 49.5 Å². The lowest BCUT2D eigenvalue weighted by Gasteiger charge is -2.31. The predicted molar refractivity (Wildman–Crippen MR) is 169 cm³/mol. The van der Waals surface area contributed by atoms with Crippen molar-refractivity contribution in [3.63, 3.8) is 0 Å². The maximum absolute atomic E-state index is 15.2. The van der Waals surface area contributed by atoms with Gasteiger partial charge in [-0.25, -0.2) is 4.39 Å². The van der Waals surface area contributed by atoms with Crippen LogP contribution in [0.4, 0.5) is 34.6 Å². The molecular weight excluding hydrogens is 584 g/mol. The number of anilines is 3. The number of rotatable bonds is 9. The van der Waals surface area contributed by atoms with Crippen molar-refractivity contribution in [3.8, 4) is 5.75 Å². The molecule has 5 aromatic rings. The van der Waals surface area contributed by atoms with Crippen LogP contribution >= 0.6 is 0 Å². The molecule has 232 valence electrons. The molecule has 0 aliphatic carbocycles. The summed E-state index contributed by atoms with van der Waals surface area (Å²) in [5.74, 6) is 0.232. The predicted octanol–water partition coefficient (Wildman–Crippen LogP) is 7.98. The van der Waals surface area contributed by atoms with Crippen LogP contribution in [0.5, 0.6) is 5.75 Å². The molecule has 1 aliphatic rings. The van der Waals surface area contributed by atoms with E-state index in [9.17, 15) is 9.50 Å². The summed E-state index contributed by atoms with van der Waals surface area (Å²) in [6, 6.07) is 21.9. The average Bonchev–Trinajstić information content (AvgIpc) is 3.71. The van der Waals surface area contributed by atoms with E-state index in [2.05, 4.69) is 10.2 Å². The summed E-state index contributed by atoms with van der Waals surface area (Å²) in [5.41, 5.74) is -0.838. The second kappa shape index (κ2) is 11.9. The molecule has 0 amide bonds. The molecule has 0 spiro atoms. The molecule has 1 atom stereocenters. The van der Waals surface area contributed by atoms with Gasteiger partial charge in [0.25, 0.3) is 0 Å². The highest BCUT2D eigenvalue weighted by Crippen LogP contribution is 2.48. The average molecular weight is 617 g/mol. The van der Waals surface area contributed by atoms with E-state index in [1.54, 1.807) is 29.9 Å². The van der Waals surface area contributed by atoms with Gasteiger partial charge in [0.05, 0.1) is 12.6 Å². The Morgan fingerprint density at radius 1 is 0.933 bits per heavy atom. The van der Waals surface area contributed by atoms with Gasteiger partial charge in [-0.05, 0) is 84.6 Å². The van der Waals surface area contributed by atoms with E-state index in [0.29, 0.717) is 22.6 Å². The van der Waals surface area contributed by atoms with Gasteiger partial charge in [0.15, 0.2) is 0 Å². The molecule has 2 heterocycles. The van der Waals surface area contributed by atoms with Gasteiger partial charge in [0, 0.05) is 65.6 Å². The lowest BCUT2D eigenvalue weighted by Crippen LogP contribution is -2.43. The molecule has 0 bridgehead atoms. The third kappa shape index (κ3) is 5.73. The Morgan fingerprint density at radius 2 is 1.64 bits per heavy atom. The molecule has 1 aliphatic heterocycles. The number of hydrogen-bond donors (Lipinski definition) is 3. The van der Waals surface area contributed by atoms with Crippen molar-refractivity contribution in [2.75, 3.05) is 30.4 Å². The Kier molecular flexibility index (Phi) is 8.01. The third-order valence-electron chi connectivity index (χ3n) is 8.40. The highest BCUT2D eigenvalue weighted by Gasteiger charge is 2.57. The topological polar surface area (TPSA) is 73.5 Å². The first kappa shape index (κ1) is 30.2. The van der Waals surface area contributed by atoms with Crippen molar-refractivity contribution in [1.82, 2.24) is 4.57 Å². The highest BCUT2D eigenvalue weighted by atomic mass is 19.4. The number of alkyl halides is 3. The summed E-state index contributed by atoms with van der Waals surface area (Å²) >= 11 is 0. The van der Waals surface area contributed by atoms with Crippen LogP contribution in [-0.2, 0) is 12.1 Å². The number of hydrogen-bond acceptors (Lipinski definition) is 5. The zero-order valence-electron chi connectivity index (χ0n) is 24.5. The van der Waals surface area contributed by atoms with Gasteiger partial charge in [-0.1, -0.05) is 24.3 Å². The normalized spacial score (nSPS) is 14.8. The molecular formula is C35H32F4N4O2. The second-order valence-corrected chi connectivity index (χ2v) is 11.2. The summed E-state index contributed by atoms with van der Waals surface area (Å²) in [5, 5.41) is 23.1. The van der Waals surface area contributed by atoms with Crippen molar-refractivity contribution >= 4 is 34.2 Å². The molecule has 1 fully saturated rings. The number of nitrogens with zero attached hydrogens (tertiary/aromatic N) is 2. The van der Waals surface area contributed by atoms with Gasteiger partial charge in [0.2, 0.25) is 5.60 Å². The number of ether oxygens (including phenoxy) is 1. The fourth-order valence-electron chi connectivity index (χ4n) is 5.98. The molecule has 3 N–H and O–H groups in total. The Hall–Kier alpha value is -4.83. The largest absolute Gasteiger partial charge is 0.497 e. The number of nitrogens with one attached hydrogen (secondary N) is 2. The third-order valence-corrected chi connectivity index (χ3v) is 8.40. The van der Waals surface area contributed by atoms with E-state index < -0.39 is 23.2 Å². The molecule has 1 saturated heterocycles. The molecule has 4 aromatic carbocycles. The maximum atomic E-state index is 15.2. The van der Waals surface area contributed by atoms with Crippen molar-refractivity contribution in [2.45, 2.75) is 31.2 Å². The fourth-order valence-corrected chi connectivity index (χ4v) is 5.98. The van der Waals surface area contributed by atoms with Crippen LogP contribution in [0.1, 0.15) is 35.1 Å². The number of halogens is 4. The van der Waals surface area contributed by atoms with E-state index in [4.69, 9.17) is 10.1 Å². The van der Waals surface area contributed by atoms with Crippen LogP contribution in [0.15, 0.2) is 91.1 Å². The first-order chi connectivity index (χ1) is 21.6. The highest BCUT2D eigenvalue weighted by molar-refractivity contribution is 5.90. The van der Waals surface area contributed by atoms with E-state index in [1.165, 1.54) is 42.6 Å². The van der Waals surface area contributed by atoms with E-state index >= 15 is 13.2 Å². The van der Waals surface area contributed by atoms with Crippen molar-refractivity contribution in [2.24, 2.45) is 0 Å². The Labute approximate surface area is 258 Å². The molecule has 1 aromatic heterocycles. The zero-order valence-corrected chi connectivity index (χ0v) is 24.5. The zero-order chi connectivity index (χ0) is 31.8. The van der Waals surface area contributed by atoms with Crippen LogP contribution < -0.4 is 15.0 Å². The monoisotopic (exact) mass is 616 g/mol. The number of aromatic nitrogens is 1. The van der Waals surface area contributed by atoms with E-state index in [-0.39, 0.29) is 23.1 Å². The molecule has 1 unspecified atom stereocenters. The Morgan fingerprint density at radius 3 is 2.29 bits per heavy atom. The lowest BCUT2D eigenvalue weighted by molar-refractivity contribution is -0.247. The van der Waals surface area contributed by atoms with Gasteiger partial charge in [-0.3, -0.25) is 0 Å². The molecule has 6 rings (SSSR count). The quantitative estimate of drug-likeness (QED) is 0.116. The first-order valence-corrected chi connectivity index (χ1v) is 14.6. The molecule has 6 nitrogen and oxygen atoms in total. The van der Waals surface area contributed by atoms with E-state index in [1.807, 2.05) is 24.3 Å². The fraction of sp³-hybridized carbons (Fsp3) is 0.229. The number of aliphatic hydroxyl groups is 1. The molecule has 45 heavy (non-hydrogen) atoms. The number of methoxy groups -OCH3 is 1. The summed E-state index contributed by atoms with van der Waals surface area (Å²) in [7, 11) is 1.56. The SMILES string of the molecule is COc1ccc(Cn2cc(C(O)(c3ccc(Nc4ccc(F)cc4)c(C=N)c3)C(F)(F)F)c3ccc(N4CCCC4)cc32)cc1. The van der Waals surface area contributed by atoms with Crippen LogP contribution in [-0.4, -0.2) is 42.3 Å². The smallest absolute Gasteiger partial charge is 0.425 e. The molecule has 10 heteroatoms. The van der Waals surface area contributed by atoms with Gasteiger partial charge in [-0.2, -0.15) is 13.2 Å². The standard InChI is InChI=1S/C35H32F4N4O2/c1-45-29-12-4-23(5-13-29)21-43-22-31(30-14-11-28(19-33(30)43)42-16-2-3-17-42)34(44,35(37,38)39)25-6-15-32(24(18-25)20-40)41-27-9-7-26(36)8-10-27/h4-15,18-20,22,40-41,44H,2-3,16-17,21H2,1H3. The first-order valence-electron chi connectivity index (χ1n) is 14.6. The van der Waals surface area contributed by atoms with Crippen LogP contribution in [0.25, 0.3) is 10.9 Å². The molecule has 0 saturated carbocycles. The van der Waals surface area contributed by atoms with Crippen molar-refractivity contribution < 1.29 is 27.4 Å². The Bertz CT molecular complexity index is 1830. The minimum absolute atomic E-state index is 0.123. The van der Waals surface area contributed by atoms with Gasteiger partial charge >= 0.3 is 6.18 Å². The van der Waals surface area contributed by atoms with Crippen LogP contribution in [0.3, 0.4) is 0 Å². The number of benzene rings is 4. The minimum Gasteiger partial charge on any atom is -0.497 e. The van der Waals surface area contributed by atoms with Crippen molar-refractivity contribution in [1.29, 1.82) is 5.41 Å². The summed E-state index contributed by atoms with van der Waals surface area (Å²) in [6.45, 7) is 2.01. The maximum Gasteiger partial charge on any atom is 0.425 e. The van der Waals surface area contributed by atoms with Crippen molar-refractivity contribution in [3.05, 3.63) is 119 Å². The van der Waals surface area contributed by atoms with Crippen LogP contribution in [0.2, 0.25) is 0 Å². The minimum atomic E-state index is -5.11. The number of fused-ring (bicyclic) bond motifs is 1. The summed E-state index contributed by atoms with van der Waals surface area (Å²) in [6.07, 6.45) is -0.714. The van der Waals surface area contributed by atoms with Gasteiger partial charge in [-0.15, -0.1) is 0 Å². The van der Waals surface area contributed by atoms with Gasteiger partial charge in [0.1, 0.15) is 11.6 Å². The lowest BCUT2D eigenvalue weighted by atomic mass is 9.84. The summed E-state index contributed by atoms with van der Waals surface area (Å²) < 4.78 is 65.9. The Balaban J connectivity index is 1.48. The molecule has 0 radical (unpaired) electrons. The van der Waals surface area contributed by atoms with Crippen LogP contribution in [0, 0.1) is 11.2 Å². The second-order valence-electron chi connectivity index (χ2n) is 11.2.